The van der Waals surface area contributed by atoms with E-state index in [1.54, 1.807) is 24.3 Å². The Labute approximate surface area is 176 Å². The average molecular weight is 434 g/mol. The first-order chi connectivity index (χ1) is 14.6. The van der Waals surface area contributed by atoms with Gasteiger partial charge in [-0.2, -0.15) is 13.2 Å². The molecule has 31 heavy (non-hydrogen) atoms. The summed E-state index contributed by atoms with van der Waals surface area (Å²) in [6.45, 7) is 1.50. The van der Waals surface area contributed by atoms with Gasteiger partial charge in [0.05, 0.1) is 11.0 Å². The molecule has 2 aromatic rings. The highest BCUT2D eigenvalue weighted by atomic mass is 19.4. The molecule has 0 radical (unpaired) electrons. The van der Waals surface area contributed by atoms with Gasteiger partial charge in [-0.3, -0.25) is 19.7 Å². The summed E-state index contributed by atoms with van der Waals surface area (Å²) in [6.07, 6.45) is -3.23. The van der Waals surface area contributed by atoms with Crippen molar-refractivity contribution < 1.29 is 32.3 Å². The summed E-state index contributed by atoms with van der Waals surface area (Å²) in [5.41, 5.74) is -0.366. The molecule has 1 atom stereocenters. The van der Waals surface area contributed by atoms with Crippen LogP contribution in [0.5, 0.6) is 5.75 Å². The van der Waals surface area contributed by atoms with Gasteiger partial charge < -0.3 is 10.1 Å². The fourth-order valence-electron chi connectivity index (χ4n) is 3.52. The Hall–Kier alpha value is -3.36. The minimum atomic E-state index is -4.44. The van der Waals surface area contributed by atoms with Crippen molar-refractivity contribution >= 4 is 23.4 Å². The Bertz CT molecular complexity index is 972. The van der Waals surface area contributed by atoms with Crippen LogP contribution >= 0.6 is 0 Å². The van der Waals surface area contributed by atoms with Gasteiger partial charge in [-0.15, -0.1) is 0 Å². The molecule has 1 fully saturated rings. The second kappa shape index (κ2) is 8.79. The maximum absolute atomic E-state index is 12.6. The quantitative estimate of drug-likeness (QED) is 0.678. The molecular weight excluding hydrogens is 413 g/mol. The van der Waals surface area contributed by atoms with Gasteiger partial charge in [0, 0.05) is 12.1 Å². The van der Waals surface area contributed by atoms with Crippen LogP contribution < -0.4 is 15.4 Å². The van der Waals surface area contributed by atoms with Crippen LogP contribution in [0.25, 0.3) is 0 Å². The summed E-state index contributed by atoms with van der Waals surface area (Å²) < 4.78 is 42.9. The third-order valence-corrected chi connectivity index (χ3v) is 5.34. The first-order valence-electron chi connectivity index (χ1n) is 9.69. The van der Waals surface area contributed by atoms with Gasteiger partial charge in [0.25, 0.3) is 5.91 Å². The van der Waals surface area contributed by atoms with Crippen LogP contribution in [0.4, 0.5) is 18.9 Å². The Morgan fingerprint density at radius 3 is 2.29 bits per heavy atom. The van der Waals surface area contributed by atoms with Crippen molar-refractivity contribution in [3.63, 3.8) is 0 Å². The summed E-state index contributed by atoms with van der Waals surface area (Å²) in [6, 6.07) is 10.8. The smallest absolute Gasteiger partial charge is 0.416 e. The van der Waals surface area contributed by atoms with Gasteiger partial charge in [-0.25, -0.2) is 0 Å². The molecule has 1 unspecified atom stereocenters. The normalized spacial score (nSPS) is 19.0. The molecule has 3 amide bonds. The monoisotopic (exact) mass is 434 g/mol. The third-order valence-electron chi connectivity index (χ3n) is 5.34. The standard InChI is InChI=1S/C22H21F3N2O4/c1-2-21(12-11-18(28)27-20(21)30)14-3-7-16(8-4-14)26-19(29)13-31-17-9-5-15(6-10-17)22(23,24)25/h3-10H,2,11-13H2,1H3,(H,26,29)(H,27,28,30). The van der Waals surface area contributed by atoms with E-state index in [1.165, 1.54) is 0 Å². The molecule has 164 valence electrons. The van der Waals surface area contributed by atoms with Gasteiger partial charge in [-0.1, -0.05) is 19.1 Å². The number of imide groups is 1. The van der Waals surface area contributed by atoms with E-state index in [4.69, 9.17) is 4.74 Å². The van der Waals surface area contributed by atoms with Crippen LogP contribution in [-0.4, -0.2) is 24.3 Å². The highest BCUT2D eigenvalue weighted by Crippen LogP contribution is 2.36. The molecule has 2 aromatic carbocycles. The van der Waals surface area contributed by atoms with Crippen LogP contribution in [0.15, 0.2) is 48.5 Å². The molecule has 1 heterocycles. The predicted molar refractivity (Wildman–Crippen MR) is 106 cm³/mol. The van der Waals surface area contributed by atoms with E-state index in [0.29, 0.717) is 18.5 Å². The lowest BCUT2D eigenvalue weighted by Crippen LogP contribution is -2.51. The molecule has 2 N–H and O–H groups in total. The fraction of sp³-hybridized carbons (Fsp3) is 0.318. The van der Waals surface area contributed by atoms with Crippen molar-refractivity contribution in [3.05, 3.63) is 59.7 Å². The van der Waals surface area contributed by atoms with Crippen molar-refractivity contribution in [2.24, 2.45) is 0 Å². The lowest BCUT2D eigenvalue weighted by Gasteiger charge is -2.35. The number of hydrogen-bond donors (Lipinski definition) is 2. The second-order valence-electron chi connectivity index (χ2n) is 7.25. The van der Waals surface area contributed by atoms with Crippen molar-refractivity contribution in [1.29, 1.82) is 0 Å². The van der Waals surface area contributed by atoms with Crippen molar-refractivity contribution in [3.8, 4) is 5.75 Å². The third kappa shape index (κ3) is 5.04. The van der Waals surface area contributed by atoms with E-state index in [9.17, 15) is 27.6 Å². The van der Waals surface area contributed by atoms with E-state index in [2.05, 4.69) is 10.6 Å². The van der Waals surface area contributed by atoms with Crippen molar-refractivity contribution in [2.75, 3.05) is 11.9 Å². The number of ether oxygens (including phenoxy) is 1. The molecule has 1 aliphatic rings. The maximum Gasteiger partial charge on any atom is 0.416 e. The van der Waals surface area contributed by atoms with Crippen molar-refractivity contribution in [2.45, 2.75) is 37.8 Å². The van der Waals surface area contributed by atoms with Gasteiger partial charge in [0.2, 0.25) is 11.8 Å². The molecule has 0 saturated carbocycles. The zero-order chi connectivity index (χ0) is 22.6. The van der Waals surface area contributed by atoms with Crippen LogP contribution in [0.1, 0.15) is 37.3 Å². The number of amides is 3. The lowest BCUT2D eigenvalue weighted by molar-refractivity contribution is -0.139. The van der Waals surface area contributed by atoms with Crippen LogP contribution in [0.3, 0.4) is 0 Å². The zero-order valence-electron chi connectivity index (χ0n) is 16.7. The number of piperidine rings is 1. The topological polar surface area (TPSA) is 84.5 Å². The number of rotatable bonds is 6. The van der Waals surface area contributed by atoms with E-state index in [-0.39, 0.29) is 30.6 Å². The number of carbonyl (C=O) groups is 3. The van der Waals surface area contributed by atoms with Gasteiger partial charge in [0.15, 0.2) is 6.61 Å². The molecule has 6 nitrogen and oxygen atoms in total. The molecule has 3 rings (SSSR count). The minimum absolute atomic E-state index is 0.140. The van der Waals surface area contributed by atoms with Gasteiger partial charge in [0.1, 0.15) is 5.75 Å². The second-order valence-corrected chi connectivity index (χ2v) is 7.25. The molecule has 1 saturated heterocycles. The van der Waals surface area contributed by atoms with E-state index >= 15 is 0 Å². The van der Waals surface area contributed by atoms with Gasteiger partial charge in [-0.05, 0) is 54.8 Å². The summed E-state index contributed by atoms with van der Waals surface area (Å²) in [5.74, 6) is -0.959. The summed E-state index contributed by atoms with van der Waals surface area (Å²) in [7, 11) is 0. The predicted octanol–water partition coefficient (Wildman–Crippen LogP) is 3.81. The number of alkyl halides is 3. The molecular formula is C22H21F3N2O4. The number of hydrogen-bond acceptors (Lipinski definition) is 4. The Morgan fingerprint density at radius 2 is 1.74 bits per heavy atom. The molecule has 9 heteroatoms. The maximum atomic E-state index is 12.6. The summed E-state index contributed by atoms with van der Waals surface area (Å²) in [5, 5.41) is 5.01. The number of benzene rings is 2. The molecule has 0 aliphatic carbocycles. The van der Waals surface area contributed by atoms with Crippen LogP contribution in [-0.2, 0) is 26.0 Å². The zero-order valence-corrected chi connectivity index (χ0v) is 16.7. The Kier molecular flexibility index (Phi) is 6.33. The molecule has 0 bridgehead atoms. The molecule has 1 aliphatic heterocycles. The Balaban J connectivity index is 1.59. The van der Waals surface area contributed by atoms with E-state index in [1.807, 2.05) is 6.92 Å². The van der Waals surface area contributed by atoms with Crippen LogP contribution in [0.2, 0.25) is 0 Å². The first-order valence-corrected chi connectivity index (χ1v) is 9.69. The number of carbonyl (C=O) groups excluding carboxylic acids is 3. The number of anilines is 1. The summed E-state index contributed by atoms with van der Waals surface area (Å²) >= 11 is 0. The van der Waals surface area contributed by atoms with Gasteiger partial charge >= 0.3 is 6.18 Å². The lowest BCUT2D eigenvalue weighted by atomic mass is 9.72. The minimum Gasteiger partial charge on any atom is -0.484 e. The number of halogens is 3. The van der Waals surface area contributed by atoms with E-state index < -0.39 is 23.1 Å². The van der Waals surface area contributed by atoms with Crippen LogP contribution in [0, 0.1) is 0 Å². The SMILES string of the molecule is CCC1(c2ccc(NC(=O)COc3ccc(C(F)(F)F)cc3)cc2)CCC(=O)NC1=O. The summed E-state index contributed by atoms with van der Waals surface area (Å²) in [4.78, 5) is 36.0. The van der Waals surface area contributed by atoms with E-state index in [0.717, 1.165) is 29.8 Å². The number of nitrogens with one attached hydrogen (secondary N) is 2. The highest BCUT2D eigenvalue weighted by Gasteiger charge is 2.42. The molecule has 0 spiro atoms. The Morgan fingerprint density at radius 1 is 1.10 bits per heavy atom. The first kappa shape index (κ1) is 22.3. The largest absolute Gasteiger partial charge is 0.484 e. The molecule has 0 aromatic heterocycles. The average Bonchev–Trinajstić information content (AvgIpc) is 2.73. The fourth-order valence-corrected chi connectivity index (χ4v) is 3.52. The highest BCUT2D eigenvalue weighted by molar-refractivity contribution is 6.03. The van der Waals surface area contributed by atoms with Crippen molar-refractivity contribution in [1.82, 2.24) is 5.32 Å².